The van der Waals surface area contributed by atoms with Crippen LogP contribution in [0.4, 0.5) is 0 Å². The Labute approximate surface area is 207 Å². The lowest BCUT2D eigenvalue weighted by atomic mass is 10.0. The third-order valence-corrected chi connectivity index (χ3v) is 6.07. The van der Waals surface area contributed by atoms with Crippen molar-refractivity contribution in [3.63, 3.8) is 0 Å². The first-order chi connectivity index (χ1) is 16.9. The summed E-state index contributed by atoms with van der Waals surface area (Å²) < 4.78 is 0. The number of aryl methyl sites for hydroxylation is 1. The molecule has 0 radical (unpaired) electrons. The third-order valence-electron chi connectivity index (χ3n) is 6.07. The number of aliphatic hydroxyl groups excluding tert-OH is 2. The zero-order valence-electron chi connectivity index (χ0n) is 20.3. The van der Waals surface area contributed by atoms with Crippen molar-refractivity contribution in [3.05, 3.63) is 101 Å². The van der Waals surface area contributed by atoms with E-state index in [1.54, 1.807) is 12.1 Å². The van der Waals surface area contributed by atoms with E-state index in [0.717, 1.165) is 18.4 Å². The molecule has 0 aliphatic heterocycles. The van der Waals surface area contributed by atoms with Crippen LogP contribution in [0.25, 0.3) is 0 Å². The van der Waals surface area contributed by atoms with Crippen LogP contribution in [0.15, 0.2) is 72.8 Å². The van der Waals surface area contributed by atoms with E-state index < -0.39 is 6.10 Å². The van der Waals surface area contributed by atoms with Crippen LogP contribution >= 0.6 is 0 Å². The molecular weight excluding hydrogens is 440 g/mol. The van der Waals surface area contributed by atoms with Crippen molar-refractivity contribution in [3.8, 4) is 5.75 Å². The fraction of sp³-hybridized carbons (Fsp3) is 0.345. The maximum Gasteiger partial charge on any atom is 0.220 e. The van der Waals surface area contributed by atoms with Gasteiger partial charge in [0.15, 0.2) is 0 Å². The van der Waals surface area contributed by atoms with E-state index >= 15 is 0 Å². The maximum atomic E-state index is 12.2. The molecule has 0 bridgehead atoms. The van der Waals surface area contributed by atoms with Crippen molar-refractivity contribution in [2.24, 2.45) is 0 Å². The summed E-state index contributed by atoms with van der Waals surface area (Å²) in [7, 11) is 0. The van der Waals surface area contributed by atoms with E-state index in [2.05, 4.69) is 41.8 Å². The van der Waals surface area contributed by atoms with Crippen LogP contribution in [0.1, 0.15) is 47.3 Å². The average molecular weight is 477 g/mol. The van der Waals surface area contributed by atoms with Gasteiger partial charge in [-0.15, -0.1) is 0 Å². The topological polar surface area (TPSA) is 102 Å². The van der Waals surface area contributed by atoms with Gasteiger partial charge in [-0.3, -0.25) is 4.79 Å². The van der Waals surface area contributed by atoms with Crippen LogP contribution in [-0.4, -0.2) is 40.4 Å². The molecule has 0 heterocycles. The molecule has 0 fully saturated rings. The summed E-state index contributed by atoms with van der Waals surface area (Å²) in [6.45, 7) is 2.79. The second kappa shape index (κ2) is 13.6. The molecule has 5 N–H and O–H groups in total. The summed E-state index contributed by atoms with van der Waals surface area (Å²) in [4.78, 5) is 12.2. The number of nitrogens with one attached hydrogen (secondary N) is 2. The van der Waals surface area contributed by atoms with Crippen molar-refractivity contribution < 1.29 is 20.1 Å². The number of hydrogen-bond donors (Lipinski definition) is 5. The SMILES string of the molecule is C[C@H](Cc1cccc(CCC(=O)NCCc2ccccc2)c1)NC[C@@H](O)c1ccc(O)c(CO)c1. The van der Waals surface area contributed by atoms with Crippen LogP contribution in [0.5, 0.6) is 5.75 Å². The fourth-order valence-corrected chi connectivity index (χ4v) is 4.05. The molecule has 1 amide bonds. The molecular formula is C29H36N2O4. The number of phenols is 1. The van der Waals surface area contributed by atoms with Gasteiger partial charge in [-0.25, -0.2) is 0 Å². The first-order valence-corrected chi connectivity index (χ1v) is 12.2. The molecule has 35 heavy (non-hydrogen) atoms. The smallest absolute Gasteiger partial charge is 0.220 e. The Hall–Kier alpha value is -3.19. The van der Waals surface area contributed by atoms with Gasteiger partial charge in [0.2, 0.25) is 5.91 Å². The highest BCUT2D eigenvalue weighted by molar-refractivity contribution is 5.76. The molecule has 0 saturated carbocycles. The zero-order chi connectivity index (χ0) is 25.0. The summed E-state index contributed by atoms with van der Waals surface area (Å²) in [6.07, 6.45) is 2.04. The summed E-state index contributed by atoms with van der Waals surface area (Å²) >= 11 is 0. The number of aromatic hydroxyl groups is 1. The average Bonchev–Trinajstić information content (AvgIpc) is 2.87. The minimum Gasteiger partial charge on any atom is -0.508 e. The molecule has 3 aromatic rings. The number of benzene rings is 3. The predicted molar refractivity (Wildman–Crippen MR) is 138 cm³/mol. The van der Waals surface area contributed by atoms with E-state index in [-0.39, 0.29) is 24.3 Å². The summed E-state index contributed by atoms with van der Waals surface area (Å²) in [5.41, 5.74) is 4.57. The standard InChI is InChI=1S/C29H36N2O4/c1-21(31-19-28(34)25-11-12-27(33)26(18-25)20-32)16-24-9-5-8-23(17-24)10-13-29(35)30-15-14-22-6-3-2-4-7-22/h2-9,11-12,17-18,21,28,31-34H,10,13-16,19-20H2,1H3,(H,30,35)/t21-,28-/m1/s1. The fourth-order valence-electron chi connectivity index (χ4n) is 4.05. The molecule has 2 atom stereocenters. The number of rotatable bonds is 13. The van der Waals surface area contributed by atoms with Crippen molar-refractivity contribution in [1.82, 2.24) is 10.6 Å². The van der Waals surface area contributed by atoms with Crippen molar-refractivity contribution >= 4 is 5.91 Å². The van der Waals surface area contributed by atoms with E-state index in [0.29, 0.717) is 37.1 Å². The summed E-state index contributed by atoms with van der Waals surface area (Å²) in [6, 6.07) is 23.3. The molecule has 0 saturated heterocycles. The van der Waals surface area contributed by atoms with Crippen LogP contribution < -0.4 is 10.6 Å². The van der Waals surface area contributed by atoms with Crippen molar-refractivity contribution in [1.29, 1.82) is 0 Å². The Kier molecular flexibility index (Phi) is 10.3. The Morgan fingerprint density at radius 3 is 2.43 bits per heavy atom. The minimum atomic E-state index is -0.741. The molecule has 186 valence electrons. The highest BCUT2D eigenvalue weighted by Gasteiger charge is 2.12. The van der Waals surface area contributed by atoms with Gasteiger partial charge in [-0.1, -0.05) is 60.7 Å². The summed E-state index contributed by atoms with van der Waals surface area (Å²) in [5, 5.41) is 35.8. The molecule has 0 aliphatic rings. The number of aliphatic hydroxyl groups is 2. The Balaban J connectivity index is 1.40. The van der Waals surface area contributed by atoms with Crippen LogP contribution in [0, 0.1) is 0 Å². The second-order valence-corrected chi connectivity index (χ2v) is 8.98. The van der Waals surface area contributed by atoms with Gasteiger partial charge in [0.05, 0.1) is 12.7 Å². The Bertz CT molecular complexity index is 1070. The summed E-state index contributed by atoms with van der Waals surface area (Å²) in [5.74, 6) is 0.0864. The minimum absolute atomic E-state index is 0.0225. The highest BCUT2D eigenvalue weighted by atomic mass is 16.3. The monoisotopic (exact) mass is 476 g/mol. The molecule has 6 nitrogen and oxygen atoms in total. The second-order valence-electron chi connectivity index (χ2n) is 8.98. The molecule has 3 aromatic carbocycles. The van der Waals surface area contributed by atoms with E-state index in [4.69, 9.17) is 0 Å². The first-order valence-electron chi connectivity index (χ1n) is 12.2. The Morgan fingerprint density at radius 2 is 1.66 bits per heavy atom. The van der Waals surface area contributed by atoms with Gasteiger partial charge in [0.25, 0.3) is 0 Å². The van der Waals surface area contributed by atoms with Crippen LogP contribution in [0.2, 0.25) is 0 Å². The van der Waals surface area contributed by atoms with E-state index in [1.165, 1.54) is 17.2 Å². The van der Waals surface area contributed by atoms with E-state index in [1.807, 2.05) is 30.3 Å². The lowest BCUT2D eigenvalue weighted by Crippen LogP contribution is -2.32. The Morgan fingerprint density at radius 1 is 0.914 bits per heavy atom. The number of amides is 1. The molecule has 3 rings (SSSR count). The normalized spacial score (nSPS) is 12.8. The predicted octanol–water partition coefficient (Wildman–Crippen LogP) is 3.43. The first kappa shape index (κ1) is 26.4. The van der Waals surface area contributed by atoms with Gasteiger partial charge in [-0.05, 0) is 60.6 Å². The van der Waals surface area contributed by atoms with Crippen LogP contribution in [0.3, 0.4) is 0 Å². The van der Waals surface area contributed by atoms with Gasteiger partial charge < -0.3 is 26.0 Å². The van der Waals surface area contributed by atoms with Gasteiger partial charge in [0, 0.05) is 31.1 Å². The number of carbonyl (C=O) groups is 1. The van der Waals surface area contributed by atoms with Gasteiger partial charge >= 0.3 is 0 Å². The molecule has 0 spiro atoms. The maximum absolute atomic E-state index is 12.2. The largest absolute Gasteiger partial charge is 0.508 e. The van der Waals surface area contributed by atoms with Gasteiger partial charge in [-0.2, -0.15) is 0 Å². The van der Waals surface area contributed by atoms with E-state index in [9.17, 15) is 20.1 Å². The molecule has 0 aromatic heterocycles. The quantitative estimate of drug-likeness (QED) is 0.260. The van der Waals surface area contributed by atoms with Crippen molar-refractivity contribution in [2.75, 3.05) is 13.1 Å². The lowest BCUT2D eigenvalue weighted by molar-refractivity contribution is -0.121. The highest BCUT2D eigenvalue weighted by Crippen LogP contribution is 2.22. The molecule has 6 heteroatoms. The zero-order valence-corrected chi connectivity index (χ0v) is 20.3. The van der Waals surface area contributed by atoms with Crippen molar-refractivity contribution in [2.45, 2.75) is 51.4 Å². The molecule has 0 aliphatic carbocycles. The van der Waals surface area contributed by atoms with Crippen LogP contribution in [-0.2, 0) is 30.7 Å². The number of hydrogen-bond acceptors (Lipinski definition) is 5. The molecule has 0 unspecified atom stereocenters. The lowest BCUT2D eigenvalue weighted by Gasteiger charge is -2.18. The van der Waals surface area contributed by atoms with Gasteiger partial charge in [0.1, 0.15) is 5.75 Å². The number of carbonyl (C=O) groups excluding carboxylic acids is 1. The third kappa shape index (κ3) is 8.83.